The molecule has 0 saturated heterocycles. The minimum atomic E-state index is -0.420. The Kier molecular flexibility index (Phi) is 3.29. The highest BCUT2D eigenvalue weighted by Gasteiger charge is 2.43. The van der Waals surface area contributed by atoms with Crippen LogP contribution < -0.4 is 9.47 Å². The lowest BCUT2D eigenvalue weighted by molar-refractivity contribution is -0.00165. The van der Waals surface area contributed by atoms with Gasteiger partial charge in [0.1, 0.15) is 11.5 Å². The summed E-state index contributed by atoms with van der Waals surface area (Å²) in [4.78, 5) is 9.74. The molecule has 130 valence electrons. The number of hydrogen-bond acceptors (Lipinski definition) is 4. The topological polar surface area (TPSA) is 43.7 Å². The monoisotopic (exact) mass is 344 g/mol. The molecule has 1 aromatic heterocycles. The number of fused-ring (bicyclic) bond motifs is 2. The third-order valence-corrected chi connectivity index (χ3v) is 5.38. The minimum absolute atomic E-state index is 0.420. The Bertz CT molecular complexity index is 1050. The summed E-state index contributed by atoms with van der Waals surface area (Å²) in [5, 5.41) is 1.13. The fourth-order valence-corrected chi connectivity index (χ4v) is 3.76. The highest BCUT2D eigenvalue weighted by molar-refractivity contribution is 6.16. The Labute approximate surface area is 152 Å². The zero-order valence-electron chi connectivity index (χ0n) is 15.0. The van der Waals surface area contributed by atoms with Crippen LogP contribution in [0, 0.1) is 6.92 Å². The number of para-hydroxylation sites is 1. The molecule has 0 amide bonds. The molecule has 2 heterocycles. The van der Waals surface area contributed by atoms with E-state index in [2.05, 4.69) is 31.2 Å². The van der Waals surface area contributed by atoms with Crippen molar-refractivity contribution in [3.8, 4) is 11.5 Å². The molecule has 4 nitrogen and oxygen atoms in total. The van der Waals surface area contributed by atoms with Gasteiger partial charge in [-0.05, 0) is 37.1 Å². The molecule has 3 aromatic rings. The molecule has 2 aliphatic rings. The van der Waals surface area contributed by atoms with Crippen LogP contribution >= 0.6 is 0 Å². The number of aliphatic imine (C=N–C) groups is 1. The molecule has 0 atom stereocenters. The summed E-state index contributed by atoms with van der Waals surface area (Å²) < 4.78 is 11.6. The molecule has 1 fully saturated rings. The van der Waals surface area contributed by atoms with Crippen molar-refractivity contribution < 1.29 is 9.47 Å². The van der Waals surface area contributed by atoms with E-state index in [1.54, 1.807) is 7.11 Å². The van der Waals surface area contributed by atoms with E-state index in [1.165, 1.54) is 5.56 Å². The number of hydrogen-bond donors (Lipinski definition) is 0. The number of rotatable bonds is 2. The summed E-state index contributed by atoms with van der Waals surface area (Å²) in [6, 6.07) is 14.4. The number of pyridine rings is 1. The first-order valence-electron chi connectivity index (χ1n) is 9.00. The van der Waals surface area contributed by atoms with Crippen LogP contribution in [0.25, 0.3) is 10.9 Å². The van der Waals surface area contributed by atoms with Crippen LogP contribution in [-0.4, -0.2) is 23.5 Å². The lowest BCUT2D eigenvalue weighted by Gasteiger charge is -2.42. The van der Waals surface area contributed by atoms with E-state index in [0.717, 1.165) is 58.5 Å². The number of aryl methyl sites for hydroxylation is 1. The summed E-state index contributed by atoms with van der Waals surface area (Å²) in [5.41, 5.74) is 4.79. The maximum atomic E-state index is 6.27. The van der Waals surface area contributed by atoms with Gasteiger partial charge in [0.15, 0.2) is 0 Å². The van der Waals surface area contributed by atoms with Gasteiger partial charge in [-0.3, -0.25) is 4.98 Å². The Morgan fingerprint density at radius 2 is 2.00 bits per heavy atom. The predicted molar refractivity (Wildman–Crippen MR) is 102 cm³/mol. The second-order valence-corrected chi connectivity index (χ2v) is 7.09. The predicted octanol–water partition coefficient (Wildman–Crippen LogP) is 4.66. The van der Waals surface area contributed by atoms with Crippen molar-refractivity contribution in [2.24, 2.45) is 4.99 Å². The largest absolute Gasteiger partial charge is 0.497 e. The van der Waals surface area contributed by atoms with E-state index in [4.69, 9.17) is 19.5 Å². The second kappa shape index (κ2) is 5.56. The lowest BCUT2D eigenvalue weighted by atomic mass is 9.86. The lowest BCUT2D eigenvalue weighted by Crippen LogP contribution is -2.44. The number of nitrogens with zero attached hydrogens (tertiary/aromatic N) is 2. The fraction of sp³-hybridized carbons (Fsp3) is 0.273. The number of ether oxygens (including phenoxy) is 2. The Morgan fingerprint density at radius 1 is 1.12 bits per heavy atom. The molecule has 0 unspecified atom stereocenters. The van der Waals surface area contributed by atoms with Crippen LogP contribution in [0.4, 0.5) is 0 Å². The second-order valence-electron chi connectivity index (χ2n) is 7.09. The number of benzene rings is 2. The summed E-state index contributed by atoms with van der Waals surface area (Å²) in [7, 11) is 1.67. The van der Waals surface area contributed by atoms with Crippen molar-refractivity contribution >= 4 is 16.6 Å². The summed E-state index contributed by atoms with van der Waals surface area (Å²) >= 11 is 0. The zero-order chi connectivity index (χ0) is 17.7. The normalized spacial score (nSPS) is 17.2. The van der Waals surface area contributed by atoms with Gasteiger partial charge in [0.25, 0.3) is 0 Å². The number of methoxy groups -OCH3 is 1. The maximum Gasteiger partial charge on any atom is 0.200 e. The van der Waals surface area contributed by atoms with Gasteiger partial charge in [0, 0.05) is 41.6 Å². The molecule has 1 saturated carbocycles. The molecule has 0 bridgehead atoms. The molecule has 4 heteroatoms. The van der Waals surface area contributed by atoms with Crippen molar-refractivity contribution in [1.29, 1.82) is 0 Å². The third-order valence-electron chi connectivity index (χ3n) is 5.38. The van der Waals surface area contributed by atoms with E-state index in [-0.39, 0.29) is 0 Å². The Morgan fingerprint density at radius 3 is 2.77 bits per heavy atom. The molecule has 26 heavy (non-hydrogen) atoms. The van der Waals surface area contributed by atoms with Crippen LogP contribution in [0.1, 0.15) is 36.0 Å². The average molecular weight is 344 g/mol. The zero-order valence-corrected chi connectivity index (χ0v) is 15.0. The van der Waals surface area contributed by atoms with Gasteiger partial charge in [-0.15, -0.1) is 0 Å². The van der Waals surface area contributed by atoms with Crippen LogP contribution in [0.3, 0.4) is 0 Å². The third kappa shape index (κ3) is 2.29. The SMILES string of the molecule is COc1ccc2c(c1)OC1(CCC1)N=C2c1cnc2c(C)cccc2c1. The molecule has 0 N–H and O–H groups in total. The molecule has 1 aliphatic carbocycles. The fourth-order valence-electron chi connectivity index (χ4n) is 3.76. The Balaban J connectivity index is 1.69. The minimum Gasteiger partial charge on any atom is -0.497 e. The van der Waals surface area contributed by atoms with Crippen molar-refractivity contribution in [3.63, 3.8) is 0 Å². The van der Waals surface area contributed by atoms with Gasteiger partial charge in [0.2, 0.25) is 5.72 Å². The molecule has 0 radical (unpaired) electrons. The first kappa shape index (κ1) is 15.4. The average Bonchev–Trinajstić information content (AvgIpc) is 2.65. The maximum absolute atomic E-state index is 6.27. The van der Waals surface area contributed by atoms with Gasteiger partial charge in [0.05, 0.1) is 18.3 Å². The highest BCUT2D eigenvalue weighted by atomic mass is 16.5. The summed E-state index contributed by atoms with van der Waals surface area (Å²) in [5.74, 6) is 1.64. The first-order chi connectivity index (χ1) is 12.7. The smallest absolute Gasteiger partial charge is 0.200 e. The molecule has 1 aliphatic heterocycles. The van der Waals surface area contributed by atoms with E-state index in [1.807, 2.05) is 24.4 Å². The van der Waals surface area contributed by atoms with Crippen LogP contribution in [-0.2, 0) is 0 Å². The van der Waals surface area contributed by atoms with Crippen LogP contribution in [0.2, 0.25) is 0 Å². The van der Waals surface area contributed by atoms with E-state index < -0.39 is 5.72 Å². The van der Waals surface area contributed by atoms with E-state index >= 15 is 0 Å². The molecular weight excluding hydrogens is 324 g/mol. The van der Waals surface area contributed by atoms with E-state index in [0.29, 0.717) is 0 Å². The van der Waals surface area contributed by atoms with Gasteiger partial charge in [-0.2, -0.15) is 0 Å². The van der Waals surface area contributed by atoms with Crippen molar-refractivity contribution in [3.05, 3.63) is 65.4 Å². The van der Waals surface area contributed by atoms with Crippen molar-refractivity contribution in [1.82, 2.24) is 4.98 Å². The molecule has 5 rings (SSSR count). The molecular formula is C22H20N2O2. The quantitative estimate of drug-likeness (QED) is 0.679. The van der Waals surface area contributed by atoms with Gasteiger partial charge >= 0.3 is 0 Å². The Hall–Kier alpha value is -2.88. The number of aromatic nitrogens is 1. The van der Waals surface area contributed by atoms with Crippen LogP contribution in [0.15, 0.2) is 53.7 Å². The van der Waals surface area contributed by atoms with E-state index in [9.17, 15) is 0 Å². The summed E-state index contributed by atoms with van der Waals surface area (Å²) in [6.07, 6.45) is 4.98. The summed E-state index contributed by atoms with van der Waals surface area (Å²) in [6.45, 7) is 2.09. The van der Waals surface area contributed by atoms with Crippen LogP contribution in [0.5, 0.6) is 11.5 Å². The van der Waals surface area contributed by atoms with Crippen molar-refractivity contribution in [2.45, 2.75) is 31.9 Å². The van der Waals surface area contributed by atoms with Gasteiger partial charge < -0.3 is 9.47 Å². The molecule has 2 aromatic carbocycles. The standard InChI is InChI=1S/C22H20N2O2/c1-14-5-3-6-15-11-16(13-23-20(14)15)21-18-8-7-17(25-2)12-19(18)26-22(24-21)9-4-10-22/h3,5-8,11-13H,4,9-10H2,1-2H3. The van der Waals surface area contributed by atoms with Gasteiger partial charge in [-0.25, -0.2) is 4.99 Å². The molecule has 1 spiro atoms. The van der Waals surface area contributed by atoms with Crippen molar-refractivity contribution in [2.75, 3.05) is 7.11 Å². The van der Waals surface area contributed by atoms with Gasteiger partial charge in [-0.1, -0.05) is 18.2 Å². The first-order valence-corrected chi connectivity index (χ1v) is 9.00. The highest BCUT2D eigenvalue weighted by Crippen LogP contribution is 2.44.